The van der Waals surface area contributed by atoms with Crippen LogP contribution < -0.4 is 10.5 Å². The minimum absolute atomic E-state index is 0.0967. The van der Waals surface area contributed by atoms with E-state index in [2.05, 4.69) is 4.72 Å². The highest BCUT2D eigenvalue weighted by Crippen LogP contribution is 2.15. The van der Waals surface area contributed by atoms with Crippen LogP contribution in [0.3, 0.4) is 0 Å². The maximum atomic E-state index is 13.5. The summed E-state index contributed by atoms with van der Waals surface area (Å²) in [5.74, 6) is -0.738. The summed E-state index contributed by atoms with van der Waals surface area (Å²) in [6, 6.07) is 3.92. The van der Waals surface area contributed by atoms with Crippen molar-refractivity contribution in [3.05, 3.63) is 29.6 Å². The van der Waals surface area contributed by atoms with Crippen molar-refractivity contribution in [1.29, 1.82) is 0 Å². The van der Waals surface area contributed by atoms with Gasteiger partial charge in [-0.3, -0.25) is 0 Å². The van der Waals surface area contributed by atoms with Crippen LogP contribution in [0.1, 0.15) is 18.9 Å². The minimum atomic E-state index is -3.78. The Hall–Kier alpha value is -0.980. The predicted octanol–water partition coefficient (Wildman–Crippen LogP) is 1.15. The summed E-state index contributed by atoms with van der Waals surface area (Å²) in [4.78, 5) is -0.326. The van der Waals surface area contributed by atoms with Gasteiger partial charge >= 0.3 is 0 Å². The molecule has 0 aromatic heterocycles. The van der Waals surface area contributed by atoms with E-state index >= 15 is 0 Å². The molecule has 1 unspecified atom stereocenters. The molecule has 4 nitrogen and oxygen atoms in total. The number of hydrogen-bond donors (Lipinski definition) is 2. The van der Waals surface area contributed by atoms with Gasteiger partial charge in [0, 0.05) is 12.6 Å². The smallest absolute Gasteiger partial charge is 0.243 e. The van der Waals surface area contributed by atoms with Crippen LogP contribution in [0.2, 0.25) is 0 Å². The third-order valence-electron chi connectivity index (χ3n) is 2.27. The predicted molar refractivity (Wildman–Crippen MR) is 64.6 cm³/mol. The Morgan fingerprint density at radius 3 is 2.65 bits per heavy atom. The molecule has 6 heteroatoms. The first kappa shape index (κ1) is 14.1. The van der Waals surface area contributed by atoms with E-state index in [4.69, 9.17) is 5.73 Å². The monoisotopic (exact) mass is 260 g/mol. The Balaban J connectivity index is 2.83. The number of aryl methyl sites for hydroxylation is 1. The average molecular weight is 260 g/mol. The third-order valence-corrected chi connectivity index (χ3v) is 3.76. The lowest BCUT2D eigenvalue weighted by atomic mass is 10.2. The molecule has 17 heavy (non-hydrogen) atoms. The maximum absolute atomic E-state index is 13.5. The van der Waals surface area contributed by atoms with Crippen molar-refractivity contribution in [3.8, 4) is 0 Å². The van der Waals surface area contributed by atoms with Crippen LogP contribution in [0.15, 0.2) is 23.1 Å². The summed E-state index contributed by atoms with van der Waals surface area (Å²) < 4.78 is 39.3. The topological polar surface area (TPSA) is 72.2 Å². The fourth-order valence-corrected chi connectivity index (χ4v) is 2.43. The molecule has 0 bridgehead atoms. The zero-order valence-electron chi connectivity index (χ0n) is 9.90. The number of benzene rings is 1. The molecule has 0 aliphatic carbocycles. The fraction of sp³-hybridized carbons (Fsp3) is 0.455. The molecule has 0 radical (unpaired) electrons. The molecule has 1 atom stereocenters. The van der Waals surface area contributed by atoms with Gasteiger partial charge in [-0.2, -0.15) is 0 Å². The summed E-state index contributed by atoms with van der Waals surface area (Å²) >= 11 is 0. The first-order chi connectivity index (χ1) is 7.83. The van der Waals surface area contributed by atoms with Gasteiger partial charge in [-0.15, -0.1) is 0 Å². The van der Waals surface area contributed by atoms with Gasteiger partial charge in [-0.05, 0) is 38.0 Å². The first-order valence-corrected chi connectivity index (χ1v) is 6.82. The second-order valence-corrected chi connectivity index (χ2v) is 5.83. The summed E-state index contributed by atoms with van der Waals surface area (Å²) in [5, 5.41) is 0. The Labute approximate surface area is 101 Å². The lowest BCUT2D eigenvalue weighted by molar-refractivity contribution is 0.551. The van der Waals surface area contributed by atoms with Crippen molar-refractivity contribution in [2.45, 2.75) is 31.2 Å². The van der Waals surface area contributed by atoms with Crippen molar-refractivity contribution >= 4 is 10.0 Å². The Kier molecular flexibility index (Phi) is 4.62. The van der Waals surface area contributed by atoms with E-state index in [9.17, 15) is 12.8 Å². The molecular formula is C11H17FN2O2S. The minimum Gasteiger partial charge on any atom is -0.328 e. The summed E-state index contributed by atoms with van der Waals surface area (Å²) in [6.07, 6.45) is 0.507. The largest absolute Gasteiger partial charge is 0.328 e. The van der Waals surface area contributed by atoms with Gasteiger partial charge < -0.3 is 5.73 Å². The highest BCUT2D eigenvalue weighted by atomic mass is 32.2. The van der Waals surface area contributed by atoms with E-state index < -0.39 is 15.8 Å². The molecular weight excluding hydrogens is 243 g/mol. The maximum Gasteiger partial charge on any atom is 0.243 e. The molecule has 0 spiro atoms. The number of nitrogens with one attached hydrogen (secondary N) is 1. The van der Waals surface area contributed by atoms with Gasteiger partial charge in [-0.25, -0.2) is 17.5 Å². The SMILES string of the molecule is Cc1ccc(S(=O)(=O)NCCC(C)N)c(F)c1. The van der Waals surface area contributed by atoms with E-state index in [-0.39, 0.29) is 17.5 Å². The zero-order valence-corrected chi connectivity index (χ0v) is 10.7. The van der Waals surface area contributed by atoms with Crippen molar-refractivity contribution < 1.29 is 12.8 Å². The quantitative estimate of drug-likeness (QED) is 0.834. The van der Waals surface area contributed by atoms with Gasteiger partial charge in [0.15, 0.2) is 0 Å². The van der Waals surface area contributed by atoms with Crippen molar-refractivity contribution in [1.82, 2.24) is 4.72 Å². The fourth-order valence-electron chi connectivity index (χ4n) is 1.32. The molecule has 1 aromatic carbocycles. The van der Waals surface area contributed by atoms with Crippen LogP contribution >= 0.6 is 0 Å². The molecule has 3 N–H and O–H groups in total. The molecule has 0 saturated carbocycles. The second-order valence-electron chi connectivity index (χ2n) is 4.10. The van der Waals surface area contributed by atoms with Crippen LogP contribution in [-0.2, 0) is 10.0 Å². The molecule has 96 valence electrons. The number of nitrogens with two attached hydrogens (primary N) is 1. The normalized spacial score (nSPS) is 13.6. The standard InChI is InChI=1S/C11H17FN2O2S/c1-8-3-4-11(10(12)7-8)17(15,16)14-6-5-9(2)13/h3-4,7,9,14H,5-6,13H2,1-2H3. The second kappa shape index (κ2) is 5.57. The number of rotatable bonds is 5. The molecule has 1 rings (SSSR count). The lowest BCUT2D eigenvalue weighted by Crippen LogP contribution is -2.29. The van der Waals surface area contributed by atoms with E-state index in [1.54, 1.807) is 19.9 Å². The number of hydrogen-bond acceptors (Lipinski definition) is 3. The van der Waals surface area contributed by atoms with Crippen LogP contribution in [0.5, 0.6) is 0 Å². The van der Waals surface area contributed by atoms with Crippen LogP contribution in [0.4, 0.5) is 4.39 Å². The van der Waals surface area contributed by atoms with Crippen LogP contribution in [-0.4, -0.2) is 21.0 Å². The van der Waals surface area contributed by atoms with Gasteiger partial charge in [0.2, 0.25) is 10.0 Å². The molecule has 0 fully saturated rings. The van der Waals surface area contributed by atoms with Gasteiger partial charge in [0.05, 0.1) is 0 Å². The lowest BCUT2D eigenvalue weighted by Gasteiger charge is -2.09. The highest BCUT2D eigenvalue weighted by molar-refractivity contribution is 7.89. The van der Waals surface area contributed by atoms with Crippen molar-refractivity contribution in [2.75, 3.05) is 6.54 Å². The van der Waals surface area contributed by atoms with Gasteiger partial charge in [-0.1, -0.05) is 6.07 Å². The number of sulfonamides is 1. The molecule has 0 heterocycles. The van der Waals surface area contributed by atoms with Crippen LogP contribution in [0, 0.1) is 12.7 Å². The Morgan fingerprint density at radius 2 is 2.12 bits per heavy atom. The van der Waals surface area contributed by atoms with E-state index in [0.717, 1.165) is 0 Å². The molecule has 0 saturated heterocycles. The van der Waals surface area contributed by atoms with E-state index in [1.807, 2.05) is 0 Å². The number of halogens is 1. The van der Waals surface area contributed by atoms with E-state index in [0.29, 0.717) is 12.0 Å². The third kappa shape index (κ3) is 4.07. The van der Waals surface area contributed by atoms with Crippen molar-refractivity contribution in [3.63, 3.8) is 0 Å². The van der Waals surface area contributed by atoms with Crippen molar-refractivity contribution in [2.24, 2.45) is 5.73 Å². The summed E-state index contributed by atoms with van der Waals surface area (Å²) in [7, 11) is -3.78. The Morgan fingerprint density at radius 1 is 1.47 bits per heavy atom. The first-order valence-electron chi connectivity index (χ1n) is 5.34. The molecule has 0 amide bonds. The van der Waals surface area contributed by atoms with Gasteiger partial charge in [0.1, 0.15) is 10.7 Å². The molecule has 0 aliphatic heterocycles. The zero-order chi connectivity index (χ0) is 13.1. The average Bonchev–Trinajstić information content (AvgIpc) is 2.15. The van der Waals surface area contributed by atoms with Crippen LogP contribution in [0.25, 0.3) is 0 Å². The molecule has 0 aliphatic rings. The van der Waals surface area contributed by atoms with Gasteiger partial charge in [0.25, 0.3) is 0 Å². The molecule has 1 aromatic rings. The van der Waals surface area contributed by atoms with E-state index in [1.165, 1.54) is 12.1 Å². The summed E-state index contributed by atoms with van der Waals surface area (Å²) in [5.41, 5.74) is 6.18. The summed E-state index contributed by atoms with van der Waals surface area (Å²) in [6.45, 7) is 3.68. The highest BCUT2D eigenvalue weighted by Gasteiger charge is 2.18. The Bertz CT molecular complexity index is 486.